The molecular weight excluding hydrogens is 953 g/mol. The molecule has 1 aliphatic carbocycles. The molecule has 1 fully saturated rings. The predicted molar refractivity (Wildman–Crippen MR) is 261 cm³/mol. The van der Waals surface area contributed by atoms with E-state index in [1.165, 1.54) is 4.90 Å². The van der Waals surface area contributed by atoms with Gasteiger partial charge in [-0.05, 0) is 42.9 Å². The lowest BCUT2D eigenvalue weighted by Gasteiger charge is -2.33. The first-order valence-electron chi connectivity index (χ1n) is 23.7. The second-order valence-electron chi connectivity index (χ2n) is 18.1. The Bertz CT molecular complexity index is 2510. The summed E-state index contributed by atoms with van der Waals surface area (Å²) >= 11 is 0. The molecule has 0 radical (unpaired) electrons. The number of allylic oxidation sites excluding steroid dienone is 3. The molecule has 11 amide bonds. The third-order valence-corrected chi connectivity index (χ3v) is 12.7. The molecule has 0 bridgehead atoms. The molecule has 0 spiro atoms. The van der Waals surface area contributed by atoms with Gasteiger partial charge in [0.25, 0.3) is 0 Å². The molecule has 3 aliphatic rings. The average Bonchev–Trinajstić information content (AvgIpc) is 4.20. The van der Waals surface area contributed by atoms with Crippen LogP contribution < -0.4 is 71.5 Å². The SMILES string of the molecule is CC[C@H](C)[C@H](NC(=O)[C@H](CC(N)=O)NC(=O)[C@H](CC(N)=O)NC(=O)[C@@H](N)CCCNC(N)=O)C(=O)N1CC(C2=CN(C3=CC=CC3)NN2)C[C@H]1C(=O)N[C@@H](Cc1c[nH]c2ccccc12)C(=O)N[C@@H](CO)C(N)=O. The number of benzene rings is 1. The van der Waals surface area contributed by atoms with Crippen molar-refractivity contribution in [3.63, 3.8) is 0 Å². The Morgan fingerprint density at radius 3 is 2.10 bits per heavy atom. The van der Waals surface area contributed by atoms with Gasteiger partial charge in [0.2, 0.25) is 53.2 Å². The van der Waals surface area contributed by atoms with Gasteiger partial charge in [0.05, 0.1) is 31.2 Å². The first-order valence-corrected chi connectivity index (χ1v) is 23.7. The number of nitrogens with one attached hydrogen (secondary N) is 9. The predicted octanol–water partition coefficient (Wildman–Crippen LogP) is -4.59. The maximum Gasteiger partial charge on any atom is 0.312 e. The molecular formula is C46H66N16O11. The number of hydrogen-bond donors (Lipinski definition) is 15. The van der Waals surface area contributed by atoms with E-state index in [9.17, 15) is 48.3 Å². The molecule has 396 valence electrons. The Morgan fingerprint density at radius 1 is 0.836 bits per heavy atom. The number of aromatic amines is 1. The third kappa shape index (κ3) is 15.2. The summed E-state index contributed by atoms with van der Waals surface area (Å²) in [5, 5.41) is 27.1. The lowest BCUT2D eigenvalue weighted by Crippen LogP contribution is -2.61. The van der Waals surface area contributed by atoms with Crippen LogP contribution in [-0.4, -0.2) is 141 Å². The Morgan fingerprint density at radius 2 is 1.48 bits per heavy atom. The zero-order valence-electron chi connectivity index (χ0n) is 40.5. The van der Waals surface area contributed by atoms with Gasteiger partial charge in [0, 0.05) is 60.8 Å². The minimum Gasteiger partial charge on any atom is -0.394 e. The van der Waals surface area contributed by atoms with Crippen LogP contribution in [0.15, 0.2) is 66.3 Å². The van der Waals surface area contributed by atoms with Crippen molar-refractivity contribution < 1.29 is 53.1 Å². The molecule has 0 saturated carbocycles. The zero-order chi connectivity index (χ0) is 53.5. The number of carbonyl (C=O) groups is 10. The molecule has 20 N–H and O–H groups in total. The number of para-hydroxylation sites is 1. The van der Waals surface area contributed by atoms with E-state index in [1.54, 1.807) is 37.3 Å². The van der Waals surface area contributed by atoms with Crippen molar-refractivity contribution in [1.29, 1.82) is 0 Å². The van der Waals surface area contributed by atoms with Crippen molar-refractivity contribution >= 4 is 70.1 Å². The van der Waals surface area contributed by atoms with E-state index in [4.69, 9.17) is 28.7 Å². The average molecular weight is 1020 g/mol. The topological polar surface area (TPSA) is 440 Å². The molecule has 1 saturated heterocycles. The van der Waals surface area contributed by atoms with Gasteiger partial charge in [-0.25, -0.2) is 4.79 Å². The monoisotopic (exact) mass is 1020 g/mol. The van der Waals surface area contributed by atoms with Crippen LogP contribution in [0.3, 0.4) is 0 Å². The van der Waals surface area contributed by atoms with Crippen molar-refractivity contribution in [2.75, 3.05) is 19.7 Å². The van der Waals surface area contributed by atoms with Crippen molar-refractivity contribution in [3.8, 4) is 0 Å². The minimum atomic E-state index is -1.77. The lowest BCUT2D eigenvalue weighted by molar-refractivity contribution is -0.144. The normalized spacial score (nSPS) is 18.9. The highest BCUT2D eigenvalue weighted by molar-refractivity contribution is 6.00. The van der Waals surface area contributed by atoms with Crippen LogP contribution in [0.4, 0.5) is 4.79 Å². The van der Waals surface area contributed by atoms with Crippen LogP contribution in [-0.2, 0) is 49.6 Å². The van der Waals surface area contributed by atoms with E-state index in [2.05, 4.69) is 47.8 Å². The van der Waals surface area contributed by atoms with Crippen molar-refractivity contribution in [3.05, 3.63) is 71.8 Å². The number of nitrogens with zero attached hydrogens (tertiary/aromatic N) is 2. The Labute approximate surface area is 419 Å². The largest absolute Gasteiger partial charge is 0.394 e. The number of urea groups is 1. The maximum atomic E-state index is 15.1. The van der Waals surface area contributed by atoms with E-state index in [-0.39, 0.29) is 45.2 Å². The summed E-state index contributed by atoms with van der Waals surface area (Å²) in [5.74, 6) is -9.74. The molecule has 3 heterocycles. The molecule has 27 heteroatoms. The molecule has 27 nitrogen and oxygen atoms in total. The third-order valence-electron chi connectivity index (χ3n) is 12.7. The molecule has 2 aromatic rings. The molecule has 1 aromatic carbocycles. The summed E-state index contributed by atoms with van der Waals surface area (Å²) in [6.45, 7) is 2.58. The highest BCUT2D eigenvalue weighted by atomic mass is 16.3. The number of carbonyl (C=O) groups excluding carboxylic acids is 10. The van der Waals surface area contributed by atoms with Gasteiger partial charge in [-0.2, -0.15) is 0 Å². The van der Waals surface area contributed by atoms with Gasteiger partial charge in [-0.15, -0.1) is 5.53 Å². The summed E-state index contributed by atoms with van der Waals surface area (Å²) in [4.78, 5) is 137. The van der Waals surface area contributed by atoms with Crippen LogP contribution in [0, 0.1) is 11.8 Å². The number of hydrazine groups is 2. The van der Waals surface area contributed by atoms with Gasteiger partial charge in [-0.1, -0.05) is 50.6 Å². The lowest BCUT2D eigenvalue weighted by atomic mass is 9.96. The number of likely N-dealkylation sites (tertiary alicyclic amines) is 1. The number of nitrogens with two attached hydrogens (primary N) is 5. The second-order valence-corrected chi connectivity index (χ2v) is 18.1. The van der Waals surface area contributed by atoms with Crippen LogP contribution >= 0.6 is 0 Å². The van der Waals surface area contributed by atoms with E-state index in [0.717, 1.165) is 16.6 Å². The van der Waals surface area contributed by atoms with Crippen LogP contribution in [0.5, 0.6) is 0 Å². The van der Waals surface area contributed by atoms with E-state index >= 15 is 4.79 Å². The number of amides is 11. The van der Waals surface area contributed by atoms with Crippen LogP contribution in [0.1, 0.15) is 64.4 Å². The fourth-order valence-corrected chi connectivity index (χ4v) is 8.49. The molecule has 1 unspecified atom stereocenters. The zero-order valence-corrected chi connectivity index (χ0v) is 40.5. The number of hydrogen-bond acceptors (Lipinski definition) is 15. The summed E-state index contributed by atoms with van der Waals surface area (Å²) in [7, 11) is 0. The maximum absolute atomic E-state index is 15.1. The number of primary amides is 4. The van der Waals surface area contributed by atoms with E-state index in [1.807, 2.05) is 36.4 Å². The number of H-pyrrole nitrogens is 1. The standard InChI is InChI=1S/C46H66N16O11/c1-3-23(2)38(58-43(70)32(18-37(49)65)55-42(69)31(17-36(48)64)54-40(67)28(47)12-8-14-52-46(51)73)45(72)61-20-25(33-21-62(60-59-33)26-9-4-5-10-26)16-35(61)44(71)56-30(41(68)57-34(22-63)39(50)66)15-24-19-53-29-13-7-6-11-27(24)29/h4-7,9,11,13,19,21,23,25,28,30-32,34-35,38,53,59-60,63H,3,8,10,12,14-18,20,22,47H2,1-2H3,(H2,48,64)(H2,49,65)(H2,50,66)(H,54,67)(H,55,69)(H,56,71)(H,57,68)(H,58,70)(H3,51,52,73)/t23-,25?,28-,30-,31-,32-,34-,35-,38-/m0/s1. The Balaban J connectivity index is 1.43. The van der Waals surface area contributed by atoms with Crippen LogP contribution in [0.2, 0.25) is 0 Å². The molecule has 1 aromatic heterocycles. The van der Waals surface area contributed by atoms with Gasteiger partial charge in [0.15, 0.2) is 0 Å². The van der Waals surface area contributed by atoms with E-state index < -0.39 is 133 Å². The summed E-state index contributed by atoms with van der Waals surface area (Å²) < 4.78 is 0. The fourth-order valence-electron chi connectivity index (χ4n) is 8.49. The number of aliphatic hydroxyl groups is 1. The minimum absolute atomic E-state index is 0.00756. The van der Waals surface area contributed by atoms with Gasteiger partial charge >= 0.3 is 6.03 Å². The van der Waals surface area contributed by atoms with Crippen molar-refractivity contribution in [2.45, 2.75) is 108 Å². The molecule has 73 heavy (non-hydrogen) atoms. The quantitative estimate of drug-likeness (QED) is 0.0375. The molecule has 9 atom stereocenters. The number of aromatic nitrogens is 1. The fraction of sp³-hybridized carbons (Fsp3) is 0.478. The van der Waals surface area contributed by atoms with Crippen molar-refractivity contribution in [2.24, 2.45) is 40.5 Å². The van der Waals surface area contributed by atoms with Gasteiger partial charge < -0.3 is 81.0 Å². The van der Waals surface area contributed by atoms with Crippen LogP contribution in [0.25, 0.3) is 10.9 Å². The summed E-state index contributed by atoms with van der Waals surface area (Å²) in [6, 6.07) is -3.82. The first-order chi connectivity index (χ1) is 34.7. The summed E-state index contributed by atoms with van der Waals surface area (Å²) in [5.41, 5.74) is 36.4. The van der Waals surface area contributed by atoms with E-state index in [0.29, 0.717) is 17.7 Å². The molecule has 2 aliphatic heterocycles. The number of aliphatic hydroxyl groups excluding tert-OH is 1. The first kappa shape index (κ1) is 55.9. The Hall–Kier alpha value is -8.04. The summed E-state index contributed by atoms with van der Waals surface area (Å²) in [6.07, 6.45) is 8.71. The molecule has 5 rings (SSSR count). The number of fused-ring (bicyclic) bond motifs is 1. The Kier molecular flexibility index (Phi) is 19.8. The smallest absolute Gasteiger partial charge is 0.312 e. The number of rotatable bonds is 27. The van der Waals surface area contributed by atoms with Gasteiger partial charge in [-0.3, -0.25) is 48.2 Å². The van der Waals surface area contributed by atoms with Crippen molar-refractivity contribution in [1.82, 2.24) is 57.8 Å². The highest BCUT2D eigenvalue weighted by Crippen LogP contribution is 2.32. The highest BCUT2D eigenvalue weighted by Gasteiger charge is 2.46. The van der Waals surface area contributed by atoms with Gasteiger partial charge in [0.1, 0.15) is 36.3 Å². The second kappa shape index (κ2) is 25.9.